The Morgan fingerprint density at radius 3 is 2.83 bits per heavy atom. The number of carbonyl (C=O) groups is 1. The SMILES string of the molecule is Cc1ccccc1CSc1nc2n(n1)[C@H](c1cccs1)C1=C(CC(C)(C)CC1=O)N2. The number of thiophene rings is 1. The zero-order valence-electron chi connectivity index (χ0n) is 17.3. The van der Waals surface area contributed by atoms with Crippen LogP contribution in [-0.2, 0) is 10.5 Å². The van der Waals surface area contributed by atoms with Gasteiger partial charge in [-0.25, -0.2) is 4.68 Å². The molecule has 30 heavy (non-hydrogen) atoms. The number of rotatable bonds is 4. The molecule has 0 bridgehead atoms. The maximum Gasteiger partial charge on any atom is 0.227 e. The molecule has 5 rings (SSSR count). The summed E-state index contributed by atoms with van der Waals surface area (Å²) in [5, 5.41) is 11.1. The molecule has 7 heteroatoms. The molecular formula is C23H24N4OS2. The van der Waals surface area contributed by atoms with E-state index in [1.807, 2.05) is 10.7 Å². The number of aromatic nitrogens is 3. The molecule has 1 aliphatic carbocycles. The van der Waals surface area contributed by atoms with Crippen LogP contribution in [0.1, 0.15) is 48.7 Å². The van der Waals surface area contributed by atoms with Gasteiger partial charge < -0.3 is 5.32 Å². The first-order valence-electron chi connectivity index (χ1n) is 10.1. The van der Waals surface area contributed by atoms with Gasteiger partial charge in [-0.05, 0) is 41.3 Å². The summed E-state index contributed by atoms with van der Waals surface area (Å²) in [5.41, 5.74) is 4.36. The van der Waals surface area contributed by atoms with Crippen LogP contribution in [0, 0.1) is 12.3 Å². The number of anilines is 1. The Labute approximate surface area is 184 Å². The van der Waals surface area contributed by atoms with E-state index < -0.39 is 0 Å². The van der Waals surface area contributed by atoms with Crippen LogP contribution >= 0.6 is 23.1 Å². The molecule has 0 saturated carbocycles. The minimum atomic E-state index is -0.194. The number of benzene rings is 1. The molecule has 2 aromatic heterocycles. The average molecular weight is 437 g/mol. The Balaban J connectivity index is 1.51. The van der Waals surface area contributed by atoms with Gasteiger partial charge in [-0.15, -0.1) is 16.4 Å². The lowest BCUT2D eigenvalue weighted by atomic mass is 9.73. The van der Waals surface area contributed by atoms with Gasteiger partial charge in [-0.3, -0.25) is 4.79 Å². The van der Waals surface area contributed by atoms with Crippen LogP contribution in [0.2, 0.25) is 0 Å². The van der Waals surface area contributed by atoms with E-state index in [1.165, 1.54) is 11.1 Å². The third kappa shape index (κ3) is 3.50. The van der Waals surface area contributed by atoms with E-state index in [-0.39, 0.29) is 17.2 Å². The van der Waals surface area contributed by atoms with Gasteiger partial charge in [0.15, 0.2) is 5.78 Å². The summed E-state index contributed by atoms with van der Waals surface area (Å²) >= 11 is 3.29. The number of ketones is 1. The van der Waals surface area contributed by atoms with Crippen LogP contribution in [0.3, 0.4) is 0 Å². The summed E-state index contributed by atoms with van der Waals surface area (Å²) in [6.45, 7) is 6.43. The molecule has 1 aromatic carbocycles. The highest BCUT2D eigenvalue weighted by Crippen LogP contribution is 2.46. The number of nitrogens with zero attached hydrogens (tertiary/aromatic N) is 3. The molecule has 0 saturated heterocycles. The lowest BCUT2D eigenvalue weighted by Crippen LogP contribution is -2.36. The van der Waals surface area contributed by atoms with Crippen molar-refractivity contribution in [3.63, 3.8) is 0 Å². The highest BCUT2D eigenvalue weighted by atomic mass is 32.2. The summed E-state index contributed by atoms with van der Waals surface area (Å²) in [6, 6.07) is 12.3. The predicted octanol–water partition coefficient (Wildman–Crippen LogP) is 5.60. The maximum absolute atomic E-state index is 13.2. The summed E-state index contributed by atoms with van der Waals surface area (Å²) in [5.74, 6) is 1.76. The lowest BCUT2D eigenvalue weighted by molar-refractivity contribution is -0.118. The minimum absolute atomic E-state index is 0.0481. The fourth-order valence-corrected chi connectivity index (χ4v) is 6.00. The number of nitrogens with one attached hydrogen (secondary N) is 1. The van der Waals surface area contributed by atoms with E-state index in [2.05, 4.69) is 61.8 Å². The van der Waals surface area contributed by atoms with E-state index >= 15 is 0 Å². The Morgan fingerprint density at radius 2 is 2.07 bits per heavy atom. The second-order valence-electron chi connectivity index (χ2n) is 8.75. The number of Topliss-reactive ketones (excluding diaryl/α,β-unsaturated/α-hetero) is 1. The molecule has 0 radical (unpaired) electrons. The van der Waals surface area contributed by atoms with Crippen molar-refractivity contribution in [2.75, 3.05) is 5.32 Å². The van der Waals surface area contributed by atoms with E-state index in [1.54, 1.807) is 23.1 Å². The number of carbonyl (C=O) groups excluding carboxylic acids is 1. The summed E-state index contributed by atoms with van der Waals surface area (Å²) < 4.78 is 1.90. The number of aryl methyl sites for hydroxylation is 1. The molecule has 154 valence electrons. The zero-order chi connectivity index (χ0) is 20.9. The number of hydrogen-bond donors (Lipinski definition) is 1. The number of thioether (sulfide) groups is 1. The molecule has 0 spiro atoms. The summed E-state index contributed by atoms with van der Waals surface area (Å²) in [6.07, 6.45) is 1.41. The first-order chi connectivity index (χ1) is 14.4. The molecule has 1 N–H and O–H groups in total. The largest absolute Gasteiger partial charge is 0.328 e. The normalized spacial score (nSPS) is 20.0. The van der Waals surface area contributed by atoms with Crippen LogP contribution < -0.4 is 5.32 Å². The monoisotopic (exact) mass is 436 g/mol. The summed E-state index contributed by atoms with van der Waals surface area (Å²) in [7, 11) is 0. The van der Waals surface area contributed by atoms with Crippen molar-refractivity contribution in [2.24, 2.45) is 5.41 Å². The molecule has 2 aliphatic rings. The molecule has 5 nitrogen and oxygen atoms in total. The predicted molar refractivity (Wildman–Crippen MR) is 122 cm³/mol. The topological polar surface area (TPSA) is 59.8 Å². The maximum atomic E-state index is 13.2. The van der Waals surface area contributed by atoms with Crippen molar-refractivity contribution < 1.29 is 4.79 Å². The van der Waals surface area contributed by atoms with Crippen LogP contribution in [0.5, 0.6) is 0 Å². The highest BCUT2D eigenvalue weighted by molar-refractivity contribution is 7.98. The molecule has 3 heterocycles. The van der Waals surface area contributed by atoms with Crippen LogP contribution in [0.25, 0.3) is 0 Å². The molecule has 1 atom stereocenters. The highest BCUT2D eigenvalue weighted by Gasteiger charge is 2.42. The fourth-order valence-electron chi connectivity index (χ4n) is 4.27. The van der Waals surface area contributed by atoms with E-state index in [4.69, 9.17) is 10.1 Å². The Kier molecular flexibility index (Phi) is 4.82. The van der Waals surface area contributed by atoms with Gasteiger partial charge in [0, 0.05) is 28.3 Å². The quantitative estimate of drug-likeness (QED) is 0.540. The van der Waals surface area contributed by atoms with E-state index in [0.29, 0.717) is 6.42 Å². The first-order valence-corrected chi connectivity index (χ1v) is 12.0. The van der Waals surface area contributed by atoms with Crippen molar-refractivity contribution in [1.29, 1.82) is 0 Å². The smallest absolute Gasteiger partial charge is 0.227 e. The number of allylic oxidation sites excluding steroid dienone is 2. The second-order valence-corrected chi connectivity index (χ2v) is 10.7. The number of fused-ring (bicyclic) bond motifs is 1. The molecule has 3 aromatic rings. The Bertz CT molecular complexity index is 1140. The van der Waals surface area contributed by atoms with Crippen LogP contribution in [0.4, 0.5) is 5.95 Å². The molecule has 0 amide bonds. The van der Waals surface area contributed by atoms with Gasteiger partial charge in [0.1, 0.15) is 6.04 Å². The van der Waals surface area contributed by atoms with Crippen molar-refractivity contribution in [2.45, 2.75) is 50.6 Å². The zero-order valence-corrected chi connectivity index (χ0v) is 18.9. The van der Waals surface area contributed by atoms with Gasteiger partial charge in [0.05, 0.1) is 0 Å². The fraction of sp³-hybridized carbons (Fsp3) is 0.348. The van der Waals surface area contributed by atoms with Gasteiger partial charge in [0.25, 0.3) is 0 Å². The molecule has 1 aliphatic heterocycles. The Morgan fingerprint density at radius 1 is 1.23 bits per heavy atom. The molecule has 0 unspecified atom stereocenters. The van der Waals surface area contributed by atoms with Gasteiger partial charge in [-0.2, -0.15) is 4.98 Å². The minimum Gasteiger partial charge on any atom is -0.328 e. The number of hydrogen-bond acceptors (Lipinski definition) is 6. The average Bonchev–Trinajstić information content (AvgIpc) is 3.34. The van der Waals surface area contributed by atoms with E-state index in [0.717, 1.165) is 39.4 Å². The third-order valence-electron chi connectivity index (χ3n) is 5.74. The summed E-state index contributed by atoms with van der Waals surface area (Å²) in [4.78, 5) is 19.1. The van der Waals surface area contributed by atoms with Crippen molar-refractivity contribution in [1.82, 2.24) is 14.8 Å². The molecular weight excluding hydrogens is 412 g/mol. The first kappa shape index (κ1) is 19.6. The van der Waals surface area contributed by atoms with Crippen LogP contribution in [-0.4, -0.2) is 20.5 Å². The van der Waals surface area contributed by atoms with Crippen molar-refractivity contribution >= 4 is 34.8 Å². The second kappa shape index (κ2) is 7.39. The van der Waals surface area contributed by atoms with Crippen molar-refractivity contribution in [3.05, 3.63) is 69.1 Å². The lowest BCUT2D eigenvalue weighted by Gasteiger charge is -2.37. The van der Waals surface area contributed by atoms with Crippen molar-refractivity contribution in [3.8, 4) is 0 Å². The van der Waals surface area contributed by atoms with Crippen LogP contribution in [0.15, 0.2) is 58.2 Å². The molecule has 0 fully saturated rings. The third-order valence-corrected chi connectivity index (χ3v) is 7.55. The Hall–Kier alpha value is -2.38. The van der Waals surface area contributed by atoms with Gasteiger partial charge >= 0.3 is 0 Å². The van der Waals surface area contributed by atoms with Gasteiger partial charge in [-0.1, -0.05) is 55.9 Å². The standard InChI is InChI=1S/C23H24N4OS2/c1-14-7-4-5-8-15(14)13-30-22-25-21-24-16-11-23(2,3)12-17(28)19(16)20(27(21)26-22)18-9-6-10-29-18/h4-10,20H,11-13H2,1-3H3,(H,24,25,26)/t20-/m1/s1. The van der Waals surface area contributed by atoms with Gasteiger partial charge in [0.2, 0.25) is 11.1 Å². The van der Waals surface area contributed by atoms with E-state index in [9.17, 15) is 4.79 Å².